The standard InChI is InChI=1S/C10H7FO4/c11-7-3-1-6(2-4-7)8(12)5-9(13)10(14)15/h1-4H,5H2,(H,14,15). The fourth-order valence-electron chi connectivity index (χ4n) is 0.959. The third-order valence-corrected chi connectivity index (χ3v) is 1.73. The van der Waals surface area contributed by atoms with Crippen molar-refractivity contribution in [2.75, 3.05) is 0 Å². The normalized spacial score (nSPS) is 9.67. The Hall–Kier alpha value is -2.04. The lowest BCUT2D eigenvalue weighted by atomic mass is 10.1. The average molecular weight is 210 g/mol. The number of hydrogen-bond donors (Lipinski definition) is 1. The molecule has 0 aromatic heterocycles. The Morgan fingerprint density at radius 2 is 1.67 bits per heavy atom. The van der Waals surface area contributed by atoms with Crippen LogP contribution in [0.4, 0.5) is 4.39 Å². The number of ketones is 2. The van der Waals surface area contributed by atoms with Gasteiger partial charge in [0.05, 0.1) is 6.42 Å². The number of benzene rings is 1. The van der Waals surface area contributed by atoms with E-state index in [2.05, 4.69) is 0 Å². The van der Waals surface area contributed by atoms with Crippen molar-refractivity contribution in [2.45, 2.75) is 6.42 Å². The van der Waals surface area contributed by atoms with Crippen LogP contribution in [0.15, 0.2) is 24.3 Å². The highest BCUT2D eigenvalue weighted by molar-refractivity contribution is 6.37. The molecule has 0 fully saturated rings. The highest BCUT2D eigenvalue weighted by atomic mass is 19.1. The van der Waals surface area contributed by atoms with Gasteiger partial charge in [-0.25, -0.2) is 9.18 Å². The Labute approximate surface area is 84.3 Å². The van der Waals surface area contributed by atoms with Crippen molar-refractivity contribution in [1.82, 2.24) is 0 Å². The Balaban J connectivity index is 2.74. The highest BCUT2D eigenvalue weighted by Gasteiger charge is 2.17. The van der Waals surface area contributed by atoms with E-state index >= 15 is 0 Å². The summed E-state index contributed by atoms with van der Waals surface area (Å²) in [5, 5.41) is 8.26. The maximum atomic E-state index is 12.5. The molecular weight excluding hydrogens is 203 g/mol. The van der Waals surface area contributed by atoms with Gasteiger partial charge < -0.3 is 5.11 Å². The first kappa shape index (κ1) is 11.0. The lowest BCUT2D eigenvalue weighted by Gasteiger charge is -1.97. The van der Waals surface area contributed by atoms with Crippen LogP contribution in [-0.4, -0.2) is 22.6 Å². The second-order valence-electron chi connectivity index (χ2n) is 2.84. The fraction of sp³-hybridized carbons (Fsp3) is 0.100. The van der Waals surface area contributed by atoms with E-state index in [-0.39, 0.29) is 5.56 Å². The van der Waals surface area contributed by atoms with E-state index in [9.17, 15) is 18.8 Å². The van der Waals surface area contributed by atoms with Gasteiger partial charge >= 0.3 is 5.97 Å². The largest absolute Gasteiger partial charge is 0.475 e. The Kier molecular flexibility index (Phi) is 3.28. The minimum Gasteiger partial charge on any atom is -0.475 e. The van der Waals surface area contributed by atoms with Crippen molar-refractivity contribution in [3.8, 4) is 0 Å². The third-order valence-electron chi connectivity index (χ3n) is 1.73. The molecule has 0 saturated carbocycles. The number of carbonyl (C=O) groups excluding carboxylic acids is 2. The van der Waals surface area contributed by atoms with Crippen molar-refractivity contribution in [3.63, 3.8) is 0 Å². The van der Waals surface area contributed by atoms with Crippen LogP contribution < -0.4 is 0 Å². The molecule has 1 N–H and O–H groups in total. The van der Waals surface area contributed by atoms with E-state index in [0.717, 1.165) is 12.1 Å². The Morgan fingerprint density at radius 3 is 2.13 bits per heavy atom. The molecule has 1 aromatic rings. The van der Waals surface area contributed by atoms with E-state index in [0.29, 0.717) is 0 Å². The first-order chi connectivity index (χ1) is 7.00. The van der Waals surface area contributed by atoms with Gasteiger partial charge in [0.15, 0.2) is 5.78 Å². The van der Waals surface area contributed by atoms with E-state index in [1.54, 1.807) is 0 Å². The summed E-state index contributed by atoms with van der Waals surface area (Å²) < 4.78 is 12.5. The molecular formula is C10H7FO4. The maximum absolute atomic E-state index is 12.5. The topological polar surface area (TPSA) is 71.4 Å². The molecule has 0 heterocycles. The molecule has 4 nitrogen and oxygen atoms in total. The number of rotatable bonds is 4. The molecule has 1 aromatic carbocycles. The van der Waals surface area contributed by atoms with Gasteiger partial charge in [0, 0.05) is 5.56 Å². The number of aliphatic carboxylic acids is 1. The monoisotopic (exact) mass is 210 g/mol. The molecule has 0 spiro atoms. The maximum Gasteiger partial charge on any atom is 0.372 e. The van der Waals surface area contributed by atoms with Gasteiger partial charge in [-0.05, 0) is 24.3 Å². The number of carbonyl (C=O) groups is 3. The van der Waals surface area contributed by atoms with Gasteiger partial charge in [-0.1, -0.05) is 0 Å². The van der Waals surface area contributed by atoms with Crippen molar-refractivity contribution in [1.29, 1.82) is 0 Å². The number of carboxylic acid groups (broad SMARTS) is 1. The molecule has 0 unspecified atom stereocenters. The Bertz CT molecular complexity index is 408. The van der Waals surface area contributed by atoms with Crippen molar-refractivity contribution in [3.05, 3.63) is 35.6 Å². The van der Waals surface area contributed by atoms with Gasteiger partial charge in [-0.3, -0.25) is 9.59 Å². The van der Waals surface area contributed by atoms with Crippen molar-refractivity contribution < 1.29 is 23.9 Å². The minimum absolute atomic E-state index is 0.117. The van der Waals surface area contributed by atoms with Gasteiger partial charge in [-0.2, -0.15) is 0 Å². The summed E-state index contributed by atoms with van der Waals surface area (Å²) in [6, 6.07) is 4.54. The molecule has 0 bridgehead atoms. The van der Waals surface area contributed by atoms with Crippen LogP contribution in [-0.2, 0) is 9.59 Å². The summed E-state index contributed by atoms with van der Waals surface area (Å²) in [6.45, 7) is 0. The zero-order valence-corrected chi connectivity index (χ0v) is 7.57. The lowest BCUT2D eigenvalue weighted by Crippen LogP contribution is -2.17. The van der Waals surface area contributed by atoms with Crippen LogP contribution in [0.5, 0.6) is 0 Å². The predicted octanol–water partition coefficient (Wildman–Crippen LogP) is 1.05. The van der Waals surface area contributed by atoms with Crippen molar-refractivity contribution >= 4 is 17.5 Å². The smallest absolute Gasteiger partial charge is 0.372 e. The van der Waals surface area contributed by atoms with E-state index < -0.39 is 29.8 Å². The quantitative estimate of drug-likeness (QED) is 0.458. The summed E-state index contributed by atoms with van der Waals surface area (Å²) in [5.74, 6) is -3.96. The van der Waals surface area contributed by atoms with Gasteiger partial charge in [0.1, 0.15) is 5.82 Å². The predicted molar refractivity (Wildman–Crippen MR) is 48.0 cm³/mol. The van der Waals surface area contributed by atoms with Crippen LogP contribution in [0.3, 0.4) is 0 Å². The first-order valence-corrected chi connectivity index (χ1v) is 4.05. The summed E-state index contributed by atoms with van der Waals surface area (Å²) in [6.07, 6.45) is -0.707. The molecule has 0 aliphatic heterocycles. The van der Waals surface area contributed by atoms with E-state index in [1.807, 2.05) is 0 Å². The molecule has 5 heteroatoms. The molecule has 0 atom stereocenters. The molecule has 0 amide bonds. The second-order valence-corrected chi connectivity index (χ2v) is 2.84. The zero-order chi connectivity index (χ0) is 11.4. The van der Waals surface area contributed by atoms with E-state index in [1.165, 1.54) is 12.1 Å². The number of Topliss-reactive ketones (excluding diaryl/α,β-unsaturated/α-hetero) is 2. The second kappa shape index (κ2) is 4.45. The number of halogens is 1. The minimum atomic E-state index is -1.65. The first-order valence-electron chi connectivity index (χ1n) is 4.05. The molecule has 78 valence electrons. The van der Waals surface area contributed by atoms with Crippen LogP contribution in [0.1, 0.15) is 16.8 Å². The Morgan fingerprint density at radius 1 is 1.13 bits per heavy atom. The van der Waals surface area contributed by atoms with Gasteiger partial charge in [0.25, 0.3) is 0 Å². The van der Waals surface area contributed by atoms with E-state index in [4.69, 9.17) is 5.11 Å². The third kappa shape index (κ3) is 2.98. The summed E-state index contributed by atoms with van der Waals surface area (Å²) >= 11 is 0. The van der Waals surface area contributed by atoms with Crippen LogP contribution >= 0.6 is 0 Å². The summed E-state index contributed by atoms with van der Waals surface area (Å²) in [4.78, 5) is 32.1. The van der Waals surface area contributed by atoms with Crippen LogP contribution in [0.25, 0.3) is 0 Å². The molecule has 0 aliphatic rings. The molecule has 0 saturated heterocycles. The average Bonchev–Trinajstić information content (AvgIpc) is 2.18. The van der Waals surface area contributed by atoms with Gasteiger partial charge in [0.2, 0.25) is 5.78 Å². The van der Waals surface area contributed by atoms with Crippen LogP contribution in [0, 0.1) is 5.82 Å². The SMILES string of the molecule is O=C(O)C(=O)CC(=O)c1ccc(F)cc1. The fourth-order valence-corrected chi connectivity index (χ4v) is 0.959. The molecule has 0 radical (unpaired) electrons. The van der Waals surface area contributed by atoms with Crippen molar-refractivity contribution in [2.24, 2.45) is 0 Å². The lowest BCUT2D eigenvalue weighted by molar-refractivity contribution is -0.148. The molecule has 0 aliphatic carbocycles. The molecule has 1 rings (SSSR count). The zero-order valence-electron chi connectivity index (χ0n) is 7.57. The summed E-state index contributed by atoms with van der Waals surface area (Å²) in [5.41, 5.74) is 0.117. The number of carboxylic acids is 1. The molecule has 15 heavy (non-hydrogen) atoms. The highest BCUT2D eigenvalue weighted by Crippen LogP contribution is 2.06. The van der Waals surface area contributed by atoms with Gasteiger partial charge in [-0.15, -0.1) is 0 Å². The number of hydrogen-bond acceptors (Lipinski definition) is 3. The van der Waals surface area contributed by atoms with Crippen LogP contribution in [0.2, 0.25) is 0 Å². The summed E-state index contributed by atoms with van der Waals surface area (Å²) in [7, 11) is 0.